The molecule has 0 unspecified atom stereocenters. The van der Waals surface area contributed by atoms with Crippen LogP contribution in [0.25, 0.3) is 55.6 Å². The Morgan fingerprint density at radius 3 is 1.37 bits per heavy atom. The van der Waals surface area contributed by atoms with Gasteiger partial charge in [-0.15, -0.1) is 0 Å². The van der Waals surface area contributed by atoms with Gasteiger partial charge >= 0.3 is 0 Å². The van der Waals surface area contributed by atoms with Crippen LogP contribution >= 0.6 is 0 Å². The molecule has 0 aliphatic heterocycles. The lowest BCUT2D eigenvalue weighted by atomic mass is 9.78. The predicted octanol–water partition coefficient (Wildman–Crippen LogP) is 19.3. The van der Waals surface area contributed by atoms with Gasteiger partial charge in [0.1, 0.15) is 0 Å². The van der Waals surface area contributed by atoms with Gasteiger partial charge in [-0.2, -0.15) is 0 Å². The van der Waals surface area contributed by atoms with Crippen LogP contribution in [0.1, 0.15) is 130 Å². The van der Waals surface area contributed by atoms with Gasteiger partial charge in [0.2, 0.25) is 0 Å². The molecule has 344 valence electrons. The van der Waals surface area contributed by atoms with Crippen molar-refractivity contribution in [3.8, 4) is 55.6 Å². The summed E-state index contributed by atoms with van der Waals surface area (Å²) in [5.41, 5.74) is 24.0. The molecule has 68 heavy (non-hydrogen) atoms. The number of fused-ring (bicyclic) bond motifs is 3. The van der Waals surface area contributed by atoms with E-state index in [-0.39, 0.29) is 27.1 Å². The fourth-order valence-corrected chi connectivity index (χ4v) is 10.1. The van der Waals surface area contributed by atoms with Gasteiger partial charge in [0, 0.05) is 22.4 Å². The van der Waals surface area contributed by atoms with Crippen molar-refractivity contribution in [3.63, 3.8) is 0 Å². The molecule has 0 heterocycles. The Kier molecular flexibility index (Phi) is 11.6. The molecule has 0 saturated heterocycles. The van der Waals surface area contributed by atoms with Crippen molar-refractivity contribution in [1.82, 2.24) is 0 Å². The van der Waals surface area contributed by atoms with E-state index in [9.17, 15) is 0 Å². The molecule has 0 fully saturated rings. The van der Waals surface area contributed by atoms with Crippen LogP contribution < -0.4 is 4.90 Å². The predicted molar refractivity (Wildman–Crippen MR) is 295 cm³/mol. The van der Waals surface area contributed by atoms with Crippen LogP contribution in [0.15, 0.2) is 176 Å². The van der Waals surface area contributed by atoms with Gasteiger partial charge in [0.25, 0.3) is 0 Å². The molecular formula is C67H71N. The molecule has 1 aliphatic carbocycles. The Labute approximate surface area is 409 Å². The molecule has 0 aromatic heterocycles. The number of hydrogen-bond donors (Lipinski definition) is 0. The Morgan fingerprint density at radius 1 is 0.294 bits per heavy atom. The lowest BCUT2D eigenvalue weighted by Gasteiger charge is -2.30. The molecule has 1 heteroatoms. The Balaban J connectivity index is 1.15. The molecule has 0 bridgehead atoms. The standard InChI is InChI=1S/C67H71N/c1-63(2,3)51-23-19-22-47(36-51)57-25-16-18-28-62(57)68(56-33-34-59-58-26-15-17-27-60(58)67(13,14)61(59)43-56)55-24-20-21-46(41-55)44-29-31-45(32-30-44)48-35-49(38-52(37-48)64(4,5)6)50-39-53(65(7,8)9)42-54(40-50)66(10,11)12/h15-43H,1-14H3. The van der Waals surface area contributed by atoms with E-state index in [2.05, 4.69) is 278 Å². The van der Waals surface area contributed by atoms with Crippen molar-refractivity contribution in [3.05, 3.63) is 209 Å². The third-order valence-corrected chi connectivity index (χ3v) is 14.5. The molecule has 9 rings (SSSR count). The summed E-state index contributed by atoms with van der Waals surface area (Å²) in [6, 6.07) is 66.9. The molecule has 0 radical (unpaired) electrons. The van der Waals surface area contributed by atoms with Gasteiger partial charge in [-0.1, -0.05) is 236 Å². The van der Waals surface area contributed by atoms with Gasteiger partial charge in [-0.3, -0.25) is 0 Å². The van der Waals surface area contributed by atoms with Crippen LogP contribution in [0.4, 0.5) is 17.1 Å². The molecule has 1 nitrogen and oxygen atoms in total. The van der Waals surface area contributed by atoms with Gasteiger partial charge in [0.15, 0.2) is 0 Å². The van der Waals surface area contributed by atoms with Crippen molar-refractivity contribution >= 4 is 17.1 Å². The fraction of sp³-hybridized carbons (Fsp3) is 0.284. The number of anilines is 3. The lowest BCUT2D eigenvalue weighted by molar-refractivity contribution is 0.569. The van der Waals surface area contributed by atoms with E-state index in [0.29, 0.717) is 0 Å². The number of rotatable bonds is 7. The Morgan fingerprint density at radius 2 is 0.750 bits per heavy atom. The third-order valence-electron chi connectivity index (χ3n) is 14.5. The van der Waals surface area contributed by atoms with E-state index in [1.807, 2.05) is 0 Å². The van der Waals surface area contributed by atoms with Crippen LogP contribution in [0, 0.1) is 0 Å². The van der Waals surface area contributed by atoms with Crippen molar-refractivity contribution in [2.45, 2.75) is 124 Å². The highest BCUT2D eigenvalue weighted by Crippen LogP contribution is 2.51. The number of para-hydroxylation sites is 1. The second-order valence-corrected chi connectivity index (χ2v) is 24.1. The molecule has 8 aromatic rings. The van der Waals surface area contributed by atoms with Crippen molar-refractivity contribution < 1.29 is 0 Å². The zero-order valence-electron chi connectivity index (χ0n) is 43.2. The summed E-state index contributed by atoms with van der Waals surface area (Å²) >= 11 is 0. The SMILES string of the molecule is CC(C)(C)c1cc(-c2ccc(-c3cccc(N(c4ccc5c(c4)C(C)(C)c4ccccc4-5)c4ccccc4-c4cccc(C(C)(C)C)c4)c3)cc2)cc(-c2cc(C(C)(C)C)cc(C(C)(C)C)c2)c1. The Bertz CT molecular complexity index is 3130. The van der Waals surface area contributed by atoms with Crippen LogP contribution in [0.5, 0.6) is 0 Å². The molecule has 0 atom stereocenters. The topological polar surface area (TPSA) is 3.24 Å². The second-order valence-electron chi connectivity index (χ2n) is 24.1. The van der Waals surface area contributed by atoms with Crippen LogP contribution in [0.3, 0.4) is 0 Å². The van der Waals surface area contributed by atoms with Crippen molar-refractivity contribution in [2.24, 2.45) is 0 Å². The zero-order chi connectivity index (χ0) is 48.6. The average molecular weight is 890 g/mol. The maximum atomic E-state index is 2.48. The van der Waals surface area contributed by atoms with Crippen molar-refractivity contribution in [2.75, 3.05) is 4.90 Å². The molecule has 0 amide bonds. The highest BCUT2D eigenvalue weighted by molar-refractivity contribution is 5.91. The molecule has 1 aliphatic rings. The van der Waals surface area contributed by atoms with Gasteiger partial charge in [-0.25, -0.2) is 0 Å². The summed E-state index contributed by atoms with van der Waals surface area (Å²) in [4.78, 5) is 2.48. The highest BCUT2D eigenvalue weighted by atomic mass is 15.1. The first-order valence-corrected chi connectivity index (χ1v) is 24.7. The van der Waals surface area contributed by atoms with E-state index in [1.165, 1.54) is 89.0 Å². The van der Waals surface area contributed by atoms with Crippen LogP contribution in [-0.2, 0) is 27.1 Å². The largest absolute Gasteiger partial charge is 0.310 e. The number of nitrogens with zero attached hydrogens (tertiary/aromatic N) is 1. The van der Waals surface area contributed by atoms with Gasteiger partial charge in [0.05, 0.1) is 5.69 Å². The number of hydrogen-bond acceptors (Lipinski definition) is 1. The maximum Gasteiger partial charge on any atom is 0.0540 e. The second kappa shape index (κ2) is 17.0. The number of benzene rings is 8. The molecule has 8 aromatic carbocycles. The smallest absolute Gasteiger partial charge is 0.0540 e. The first-order chi connectivity index (χ1) is 32.0. The minimum absolute atomic E-state index is 0.0158. The molecular weight excluding hydrogens is 819 g/mol. The summed E-state index contributed by atoms with van der Waals surface area (Å²) in [6.07, 6.45) is 0. The third kappa shape index (κ3) is 9.01. The van der Waals surface area contributed by atoms with E-state index >= 15 is 0 Å². The molecule has 0 saturated carbocycles. The monoisotopic (exact) mass is 890 g/mol. The van der Waals surface area contributed by atoms with E-state index in [0.717, 1.165) is 17.1 Å². The van der Waals surface area contributed by atoms with Gasteiger partial charge < -0.3 is 4.90 Å². The normalized spacial score (nSPS) is 13.6. The minimum Gasteiger partial charge on any atom is -0.310 e. The summed E-state index contributed by atoms with van der Waals surface area (Å²) in [7, 11) is 0. The summed E-state index contributed by atoms with van der Waals surface area (Å²) in [5, 5.41) is 0. The fourth-order valence-electron chi connectivity index (χ4n) is 10.1. The average Bonchev–Trinajstić information content (AvgIpc) is 3.53. The van der Waals surface area contributed by atoms with E-state index < -0.39 is 0 Å². The first kappa shape index (κ1) is 46.7. The maximum absolute atomic E-state index is 2.48. The zero-order valence-corrected chi connectivity index (χ0v) is 43.2. The van der Waals surface area contributed by atoms with E-state index in [1.54, 1.807) is 0 Å². The summed E-state index contributed by atoms with van der Waals surface area (Å²) in [5.74, 6) is 0. The molecule has 0 spiro atoms. The van der Waals surface area contributed by atoms with Crippen molar-refractivity contribution in [1.29, 1.82) is 0 Å². The van der Waals surface area contributed by atoms with Crippen LogP contribution in [-0.4, -0.2) is 0 Å². The lowest BCUT2D eigenvalue weighted by Crippen LogP contribution is -2.17. The van der Waals surface area contributed by atoms with E-state index in [4.69, 9.17) is 0 Å². The Hall–Kier alpha value is -6.44. The summed E-state index contributed by atoms with van der Waals surface area (Å²) in [6.45, 7) is 32.5. The summed E-state index contributed by atoms with van der Waals surface area (Å²) < 4.78 is 0. The minimum atomic E-state index is -0.128. The quantitative estimate of drug-likeness (QED) is 0.154. The highest BCUT2D eigenvalue weighted by Gasteiger charge is 2.36. The molecule has 0 N–H and O–H groups in total. The van der Waals surface area contributed by atoms with Crippen LogP contribution in [0.2, 0.25) is 0 Å². The van der Waals surface area contributed by atoms with Gasteiger partial charge in [-0.05, 0) is 142 Å². The first-order valence-electron chi connectivity index (χ1n) is 24.7.